The van der Waals surface area contributed by atoms with Crippen LogP contribution in [0.4, 0.5) is 0 Å². The lowest BCUT2D eigenvalue weighted by atomic mass is 10.0. The highest BCUT2D eigenvalue weighted by atomic mass is 28.5. The van der Waals surface area contributed by atoms with Crippen LogP contribution in [-0.2, 0) is 54.8 Å². The van der Waals surface area contributed by atoms with Gasteiger partial charge < -0.3 is 59.0 Å². The second-order valence-electron chi connectivity index (χ2n) is 43.9. The smallest absolute Gasteiger partial charge is 0.317 e. The fourth-order valence-corrected chi connectivity index (χ4v) is 43.0. The van der Waals surface area contributed by atoms with Crippen LogP contribution in [0.15, 0.2) is 0 Å². The standard InChI is InChI=1S/C112H224N8O12Si4/c1-17-21-25-29-33-37-41-45-49-53-57-61-65-69-73-77-89-113-109(125)105(97(5)6)117-101(121)85-81-93-133(13)129-134(14,94-82-86-102(122)118-106(98(7)8)110(126)114-90-78-74-70-66-62-58-54-50-46-42-38-34-30-26-22-18-2)131-136(16,96-84-88-104(124)120-108(100(11)12)112(128)116-92-80-76-72-68-64-60-56-52-48-44-40-36-32-28-24-20-4)132-135(15,130-133)95-83-87-103(123)119-107(99(9)10)111(127)115-91-79-75-71-67-63-59-55-51-47-43-39-35-31-27-23-19-3/h97-100,105-108H,17-96H2,1-16H3,(H,113,125)(H,114,126)(H,115,127)(H,116,128)(H,117,121)(H,118,122)(H,119,123)(H,120,124)/t105-,106-,107-,108-,133?,134?,135?,136?/m0/s1. The van der Waals surface area contributed by atoms with Gasteiger partial charge in [0.15, 0.2) is 0 Å². The minimum atomic E-state index is -3.49. The zero-order valence-electron chi connectivity index (χ0n) is 92.1. The van der Waals surface area contributed by atoms with Crippen molar-refractivity contribution in [2.24, 2.45) is 23.7 Å². The maximum Gasteiger partial charge on any atom is 0.317 e. The van der Waals surface area contributed by atoms with Crippen molar-refractivity contribution < 1.29 is 54.8 Å². The molecule has 800 valence electrons. The molecule has 0 radical (unpaired) electrons. The maximum absolute atomic E-state index is 14.2. The summed E-state index contributed by atoms with van der Waals surface area (Å²) < 4.78 is 30.5. The molecule has 1 aliphatic heterocycles. The van der Waals surface area contributed by atoms with Crippen molar-refractivity contribution in [1.82, 2.24) is 42.5 Å². The van der Waals surface area contributed by atoms with Crippen LogP contribution in [0.2, 0.25) is 50.4 Å². The normalized spacial score (nSPS) is 17.8. The Hall–Kier alpha value is -3.53. The molecule has 0 aromatic heterocycles. The Bertz CT molecular complexity index is 2530. The average molecular weight is 1990 g/mol. The highest BCUT2D eigenvalue weighted by Crippen LogP contribution is 2.40. The Kier molecular flexibility index (Phi) is 83.4. The molecule has 1 fully saturated rings. The lowest BCUT2D eigenvalue weighted by Gasteiger charge is -2.50. The van der Waals surface area contributed by atoms with E-state index in [2.05, 4.69) is 70.2 Å². The molecular formula is C112H224N8O12Si4. The molecule has 1 aliphatic rings. The van der Waals surface area contributed by atoms with Crippen LogP contribution < -0.4 is 42.5 Å². The van der Waals surface area contributed by atoms with Crippen molar-refractivity contribution in [3.05, 3.63) is 0 Å². The molecule has 20 nitrogen and oxygen atoms in total. The highest BCUT2D eigenvalue weighted by Gasteiger charge is 2.56. The van der Waals surface area contributed by atoms with Crippen LogP contribution >= 0.6 is 0 Å². The Morgan fingerprint density at radius 2 is 0.301 bits per heavy atom. The fourth-order valence-electron chi connectivity index (χ4n) is 19.7. The minimum absolute atomic E-state index is 0.102. The van der Waals surface area contributed by atoms with E-state index in [0.29, 0.717) is 76.0 Å². The molecule has 8 N–H and O–H groups in total. The van der Waals surface area contributed by atoms with Crippen molar-refractivity contribution in [3.8, 4) is 0 Å². The van der Waals surface area contributed by atoms with Crippen LogP contribution in [-0.4, -0.2) is 132 Å². The van der Waals surface area contributed by atoms with E-state index in [1.54, 1.807) is 0 Å². The second-order valence-corrected chi connectivity index (χ2v) is 58.2. The zero-order valence-corrected chi connectivity index (χ0v) is 96.1. The van der Waals surface area contributed by atoms with E-state index in [1.807, 2.05) is 81.6 Å². The van der Waals surface area contributed by atoms with Gasteiger partial charge in [-0.3, -0.25) is 38.4 Å². The second kappa shape index (κ2) is 86.9. The Morgan fingerprint density at radius 3 is 0.419 bits per heavy atom. The quantitative estimate of drug-likeness (QED) is 0.0209. The summed E-state index contributed by atoms with van der Waals surface area (Å²) in [6.45, 7) is 35.0. The third-order valence-electron chi connectivity index (χ3n) is 28.2. The molecule has 0 spiro atoms. The van der Waals surface area contributed by atoms with Gasteiger partial charge in [0, 0.05) is 51.9 Å². The number of carbonyl (C=O) groups excluding carboxylic acids is 8. The van der Waals surface area contributed by atoms with Crippen molar-refractivity contribution >= 4 is 81.5 Å². The van der Waals surface area contributed by atoms with Crippen LogP contribution in [0.25, 0.3) is 0 Å². The summed E-state index contributed by atoms with van der Waals surface area (Å²) in [4.78, 5) is 113. The van der Waals surface area contributed by atoms with Gasteiger partial charge in [-0.2, -0.15) is 0 Å². The van der Waals surface area contributed by atoms with E-state index >= 15 is 0 Å². The summed E-state index contributed by atoms with van der Waals surface area (Å²) in [7, 11) is -14.0. The molecule has 1 rings (SSSR count). The molecular weight excluding hydrogens is 1760 g/mol. The first-order valence-electron chi connectivity index (χ1n) is 58.6. The third kappa shape index (κ3) is 73.5. The number of unbranched alkanes of at least 4 members (excludes halogenated alkanes) is 60. The van der Waals surface area contributed by atoms with E-state index in [1.165, 1.54) is 334 Å². The molecule has 0 aromatic carbocycles. The molecule has 0 aromatic rings. The van der Waals surface area contributed by atoms with Gasteiger partial charge >= 0.3 is 34.2 Å². The van der Waals surface area contributed by atoms with E-state index in [-0.39, 0.29) is 96.6 Å². The van der Waals surface area contributed by atoms with Crippen molar-refractivity contribution in [1.29, 1.82) is 0 Å². The first kappa shape index (κ1) is 130. The number of carbonyl (C=O) groups is 8. The summed E-state index contributed by atoms with van der Waals surface area (Å²) in [5, 5.41) is 24.9. The van der Waals surface area contributed by atoms with Crippen LogP contribution in [0.1, 0.15) is 545 Å². The first-order valence-corrected chi connectivity index (χ1v) is 68.7. The molecule has 0 aliphatic carbocycles. The Labute approximate surface area is 843 Å². The molecule has 8 amide bonds. The largest absolute Gasteiger partial charge is 0.416 e. The number of hydrogen-bond acceptors (Lipinski definition) is 12. The van der Waals surface area contributed by atoms with Gasteiger partial charge in [-0.05, 0) is 125 Å². The summed E-state index contributed by atoms with van der Waals surface area (Å²) in [6, 6.07) is -1.40. The van der Waals surface area contributed by atoms with Gasteiger partial charge in [0.2, 0.25) is 47.3 Å². The average Bonchev–Trinajstić information content (AvgIpc) is 0.764. The topological polar surface area (TPSA) is 270 Å². The molecule has 0 saturated carbocycles. The Morgan fingerprint density at radius 1 is 0.184 bits per heavy atom. The monoisotopic (exact) mass is 1990 g/mol. The molecule has 4 atom stereocenters. The molecule has 1 saturated heterocycles. The number of rotatable bonds is 96. The highest BCUT2D eigenvalue weighted by molar-refractivity contribution is 6.94. The first-order chi connectivity index (χ1) is 65.5. The van der Waals surface area contributed by atoms with Gasteiger partial charge in [-0.15, -0.1) is 0 Å². The Balaban J connectivity index is 3.49. The molecule has 1 heterocycles. The van der Waals surface area contributed by atoms with Crippen LogP contribution in [0, 0.1) is 23.7 Å². The van der Waals surface area contributed by atoms with E-state index < -0.39 is 58.4 Å². The van der Waals surface area contributed by atoms with E-state index in [9.17, 15) is 38.4 Å². The van der Waals surface area contributed by atoms with E-state index in [0.717, 1.165) is 77.0 Å². The molecule has 24 heteroatoms. The predicted octanol–water partition coefficient (Wildman–Crippen LogP) is 29.5. The van der Waals surface area contributed by atoms with E-state index in [4.69, 9.17) is 16.5 Å². The SMILES string of the molecule is CCCCCCCCCCCCCCCCCCNC(=O)[C@@H](NC(=O)CCC[Si]1(C)O[Si](C)(CCCC(=O)N[C@H](C(=O)NCCCCCCCCCCCCCCCCCC)C(C)C)O[Si](C)(CCCC(=O)N[C@H](C(=O)NCCCCCCCCCCCCCCCCCC)C(C)C)O[Si](C)(CCCC(=O)N[C@H](C(=O)NCCCCCCCCCCCCCCCCCC)C(C)C)O1)C(C)C. The lowest BCUT2D eigenvalue weighted by molar-refractivity contribution is -0.130. The summed E-state index contributed by atoms with van der Waals surface area (Å²) in [6.07, 6.45) is 83.5. The van der Waals surface area contributed by atoms with Gasteiger partial charge in [-0.25, -0.2) is 0 Å². The van der Waals surface area contributed by atoms with Crippen molar-refractivity contribution in [2.45, 2.75) is 620 Å². The van der Waals surface area contributed by atoms with Crippen molar-refractivity contribution in [2.75, 3.05) is 26.2 Å². The fraction of sp³-hybridized carbons (Fsp3) is 0.929. The van der Waals surface area contributed by atoms with Gasteiger partial charge in [0.25, 0.3) is 0 Å². The maximum atomic E-state index is 14.2. The number of nitrogens with one attached hydrogen (secondary N) is 8. The molecule has 0 bridgehead atoms. The summed E-state index contributed by atoms with van der Waals surface area (Å²) >= 11 is 0. The molecule has 136 heavy (non-hydrogen) atoms. The van der Waals surface area contributed by atoms with Gasteiger partial charge in [-0.1, -0.05) is 468 Å². The number of hydrogen-bond donors (Lipinski definition) is 8. The predicted molar refractivity (Wildman–Crippen MR) is 584 cm³/mol. The van der Waals surface area contributed by atoms with Crippen molar-refractivity contribution in [3.63, 3.8) is 0 Å². The van der Waals surface area contributed by atoms with Crippen LogP contribution in [0.5, 0.6) is 0 Å². The zero-order chi connectivity index (χ0) is 100. The minimum Gasteiger partial charge on any atom is -0.416 e. The summed E-state index contributed by atoms with van der Waals surface area (Å²) in [5.74, 6) is -2.37. The number of amides is 8. The van der Waals surface area contributed by atoms with Gasteiger partial charge in [0.05, 0.1) is 0 Å². The lowest BCUT2D eigenvalue weighted by Crippen LogP contribution is -2.67. The van der Waals surface area contributed by atoms with Crippen LogP contribution in [0.3, 0.4) is 0 Å². The molecule has 0 unspecified atom stereocenters. The summed E-state index contributed by atoms with van der Waals surface area (Å²) in [5.41, 5.74) is 0. The van der Waals surface area contributed by atoms with Gasteiger partial charge in [0.1, 0.15) is 24.2 Å². The third-order valence-corrected chi connectivity index (χ3v) is 47.1.